The molecule has 0 amide bonds. The van der Waals surface area contributed by atoms with E-state index in [0.29, 0.717) is 0 Å². The molecule has 0 saturated heterocycles. The average Bonchev–Trinajstić information content (AvgIpc) is 3.33. The summed E-state index contributed by atoms with van der Waals surface area (Å²) in [7, 11) is 0. The molecule has 42 heavy (non-hydrogen) atoms. The van der Waals surface area contributed by atoms with Crippen molar-refractivity contribution in [1.82, 2.24) is 0 Å². The monoisotopic (exact) mass is 541 g/mol. The number of benzene rings is 6. The first kappa shape index (κ1) is 26.0. The highest BCUT2D eigenvalue weighted by molar-refractivity contribution is 5.89. The van der Waals surface area contributed by atoms with Crippen LogP contribution in [0.3, 0.4) is 0 Å². The predicted octanol–water partition coefficient (Wildman–Crippen LogP) is 10.8. The van der Waals surface area contributed by atoms with E-state index in [4.69, 9.17) is 0 Å². The van der Waals surface area contributed by atoms with Gasteiger partial charge in [-0.25, -0.2) is 0 Å². The Bertz CT molecular complexity index is 1790. The number of nitrogens with zero attached hydrogens (tertiary/aromatic N) is 1. The van der Waals surface area contributed by atoms with Gasteiger partial charge < -0.3 is 4.90 Å². The number of hydrogen-bond acceptors (Lipinski definition) is 1. The fraction of sp³-hybridized carbons (Fsp3) is 0.122. The van der Waals surface area contributed by atoms with E-state index in [1.807, 2.05) is 0 Å². The molecule has 0 spiro atoms. The van der Waals surface area contributed by atoms with Crippen LogP contribution in [-0.2, 0) is 10.8 Å². The third-order valence-corrected chi connectivity index (χ3v) is 8.71. The number of rotatable bonds is 5. The van der Waals surface area contributed by atoms with Gasteiger partial charge in [0, 0.05) is 17.1 Å². The maximum atomic E-state index is 2.43. The van der Waals surface area contributed by atoms with E-state index in [1.54, 1.807) is 0 Å². The molecule has 6 aromatic rings. The van der Waals surface area contributed by atoms with Crippen molar-refractivity contribution in [1.29, 1.82) is 0 Å². The molecule has 0 bridgehead atoms. The molecule has 7 rings (SSSR count). The molecular weight excluding hydrogens is 506 g/mol. The normalized spacial score (nSPS) is 13.3. The summed E-state index contributed by atoms with van der Waals surface area (Å²) >= 11 is 0. The Morgan fingerprint density at radius 3 is 1.50 bits per heavy atom. The van der Waals surface area contributed by atoms with E-state index in [2.05, 4.69) is 183 Å². The van der Waals surface area contributed by atoms with Gasteiger partial charge in [-0.1, -0.05) is 142 Å². The van der Waals surface area contributed by atoms with Crippen molar-refractivity contribution in [2.45, 2.75) is 31.6 Å². The molecule has 0 aliphatic heterocycles. The van der Waals surface area contributed by atoms with Crippen LogP contribution in [0.2, 0.25) is 0 Å². The highest BCUT2D eigenvalue weighted by Crippen LogP contribution is 2.57. The van der Waals surface area contributed by atoms with E-state index in [9.17, 15) is 0 Å². The van der Waals surface area contributed by atoms with Crippen molar-refractivity contribution in [3.05, 3.63) is 186 Å². The van der Waals surface area contributed by atoms with Crippen LogP contribution in [0.1, 0.15) is 48.6 Å². The number of anilines is 3. The van der Waals surface area contributed by atoms with Crippen LogP contribution in [0.4, 0.5) is 17.1 Å². The predicted molar refractivity (Wildman–Crippen MR) is 177 cm³/mol. The Morgan fingerprint density at radius 1 is 0.429 bits per heavy atom. The van der Waals surface area contributed by atoms with E-state index in [-0.39, 0.29) is 5.41 Å². The molecule has 1 nitrogen and oxygen atoms in total. The minimum absolute atomic E-state index is 0.0976. The summed E-state index contributed by atoms with van der Waals surface area (Å²) in [6, 6.07) is 57.8. The first-order valence-electron chi connectivity index (χ1n) is 14.8. The highest BCUT2D eigenvalue weighted by Gasteiger charge is 2.46. The van der Waals surface area contributed by atoms with Crippen LogP contribution in [0.25, 0.3) is 11.1 Å². The molecule has 0 radical (unpaired) electrons. The van der Waals surface area contributed by atoms with Gasteiger partial charge in [-0.05, 0) is 80.8 Å². The maximum Gasteiger partial charge on any atom is 0.0714 e. The fourth-order valence-electron chi connectivity index (χ4n) is 6.71. The van der Waals surface area contributed by atoms with Gasteiger partial charge in [0.1, 0.15) is 0 Å². The van der Waals surface area contributed by atoms with Crippen LogP contribution < -0.4 is 4.90 Å². The zero-order valence-corrected chi connectivity index (χ0v) is 24.5. The van der Waals surface area contributed by atoms with Gasteiger partial charge in [0.2, 0.25) is 0 Å². The molecule has 1 heteroatoms. The maximum absolute atomic E-state index is 2.43. The second kappa shape index (κ2) is 10.2. The summed E-state index contributed by atoms with van der Waals surface area (Å²) < 4.78 is 0. The molecule has 1 aliphatic carbocycles. The van der Waals surface area contributed by atoms with Crippen LogP contribution in [-0.4, -0.2) is 0 Å². The Hall–Kier alpha value is -4.88. The molecule has 0 heterocycles. The van der Waals surface area contributed by atoms with Crippen molar-refractivity contribution in [2.24, 2.45) is 0 Å². The van der Waals surface area contributed by atoms with Crippen molar-refractivity contribution >= 4 is 17.1 Å². The minimum atomic E-state index is -0.428. The van der Waals surface area contributed by atoms with E-state index < -0.39 is 5.41 Å². The number of fused-ring (bicyclic) bond motifs is 3. The lowest BCUT2D eigenvalue weighted by atomic mass is 9.67. The van der Waals surface area contributed by atoms with Crippen LogP contribution in [0.5, 0.6) is 0 Å². The largest absolute Gasteiger partial charge is 0.310 e. The molecule has 6 aromatic carbocycles. The third kappa shape index (κ3) is 4.16. The lowest BCUT2D eigenvalue weighted by molar-refractivity contribution is 0.590. The topological polar surface area (TPSA) is 3.24 Å². The van der Waals surface area contributed by atoms with Gasteiger partial charge in [0.25, 0.3) is 0 Å². The van der Waals surface area contributed by atoms with E-state index in [1.165, 1.54) is 38.9 Å². The van der Waals surface area contributed by atoms with E-state index >= 15 is 0 Å². The molecule has 204 valence electrons. The molecule has 0 aromatic heterocycles. The molecule has 0 fully saturated rings. The molecule has 0 unspecified atom stereocenters. The Balaban J connectivity index is 1.50. The standard InChI is InChI=1S/C41H35N/c1-40(2,3)30-23-25-34(26-24-30)42(33-19-11-6-12-20-33)35-27-28-37-36-21-13-14-22-38(36)41(39(37)29-35,31-15-7-4-8-16-31)32-17-9-5-10-18-32/h4-29H,1-3H3. The van der Waals surface area contributed by atoms with Crippen LogP contribution in [0, 0.1) is 0 Å². The molecule has 1 aliphatic rings. The van der Waals surface area contributed by atoms with Gasteiger partial charge in [-0.3, -0.25) is 0 Å². The number of hydrogen-bond donors (Lipinski definition) is 0. The Morgan fingerprint density at radius 2 is 0.905 bits per heavy atom. The lowest BCUT2D eigenvalue weighted by Crippen LogP contribution is -2.28. The summed E-state index contributed by atoms with van der Waals surface area (Å²) in [5.74, 6) is 0. The van der Waals surface area contributed by atoms with Gasteiger partial charge >= 0.3 is 0 Å². The zero-order valence-electron chi connectivity index (χ0n) is 24.5. The second-order valence-corrected chi connectivity index (χ2v) is 12.2. The molecule has 0 atom stereocenters. The van der Waals surface area contributed by atoms with Gasteiger partial charge in [0.15, 0.2) is 0 Å². The van der Waals surface area contributed by atoms with Crippen molar-refractivity contribution in [2.75, 3.05) is 4.90 Å². The van der Waals surface area contributed by atoms with Crippen LogP contribution in [0.15, 0.2) is 158 Å². The van der Waals surface area contributed by atoms with Crippen molar-refractivity contribution < 1.29 is 0 Å². The Labute approximate surface area is 249 Å². The smallest absolute Gasteiger partial charge is 0.0714 e. The molecule has 0 saturated carbocycles. The fourth-order valence-corrected chi connectivity index (χ4v) is 6.71. The summed E-state index contributed by atoms with van der Waals surface area (Å²) in [5.41, 5.74) is 12.2. The van der Waals surface area contributed by atoms with Crippen LogP contribution >= 0.6 is 0 Å². The summed E-state index contributed by atoms with van der Waals surface area (Å²) in [4.78, 5) is 2.39. The highest BCUT2D eigenvalue weighted by atomic mass is 15.1. The Kier molecular flexibility index (Phi) is 6.32. The molecule has 0 N–H and O–H groups in total. The summed E-state index contributed by atoms with van der Waals surface area (Å²) in [6.07, 6.45) is 0. The second-order valence-electron chi connectivity index (χ2n) is 12.2. The first-order chi connectivity index (χ1) is 20.5. The number of para-hydroxylation sites is 1. The van der Waals surface area contributed by atoms with Crippen molar-refractivity contribution in [3.8, 4) is 11.1 Å². The van der Waals surface area contributed by atoms with Gasteiger partial charge in [0.05, 0.1) is 5.41 Å². The lowest BCUT2D eigenvalue weighted by Gasteiger charge is -2.35. The zero-order chi connectivity index (χ0) is 28.7. The van der Waals surface area contributed by atoms with Crippen molar-refractivity contribution in [3.63, 3.8) is 0 Å². The summed E-state index contributed by atoms with van der Waals surface area (Å²) in [6.45, 7) is 6.80. The third-order valence-electron chi connectivity index (χ3n) is 8.71. The SMILES string of the molecule is CC(C)(C)c1ccc(N(c2ccccc2)c2ccc3c(c2)C(c2ccccc2)(c2ccccc2)c2ccccc2-3)cc1. The first-order valence-corrected chi connectivity index (χ1v) is 14.8. The van der Waals surface area contributed by atoms with Gasteiger partial charge in [-0.2, -0.15) is 0 Å². The molecular formula is C41H35N. The summed E-state index contributed by atoms with van der Waals surface area (Å²) in [5, 5.41) is 0. The average molecular weight is 542 g/mol. The van der Waals surface area contributed by atoms with E-state index in [0.717, 1.165) is 17.1 Å². The minimum Gasteiger partial charge on any atom is -0.310 e. The van der Waals surface area contributed by atoms with Gasteiger partial charge in [-0.15, -0.1) is 0 Å². The quantitative estimate of drug-likeness (QED) is 0.209.